The van der Waals surface area contributed by atoms with Crippen LogP contribution in [0, 0.1) is 0 Å². The second-order valence-electron chi connectivity index (χ2n) is 8.32. The predicted molar refractivity (Wildman–Crippen MR) is 103 cm³/mol. The summed E-state index contributed by atoms with van der Waals surface area (Å²) in [5.74, 6) is 0.515. The van der Waals surface area contributed by atoms with Crippen molar-refractivity contribution in [3.05, 3.63) is 48.1 Å². The number of aromatic nitrogens is 3. The Kier molecular flexibility index (Phi) is 4.47. The molecule has 142 valence electrons. The smallest absolute Gasteiger partial charge is 0.398 e. The van der Waals surface area contributed by atoms with Gasteiger partial charge in [-0.1, -0.05) is 0 Å². The van der Waals surface area contributed by atoms with Crippen LogP contribution in [-0.2, 0) is 15.9 Å². The van der Waals surface area contributed by atoms with Crippen molar-refractivity contribution in [3.8, 4) is 11.3 Å². The lowest BCUT2D eigenvalue weighted by Crippen LogP contribution is -2.41. The lowest BCUT2D eigenvalue weighted by Gasteiger charge is -2.32. The summed E-state index contributed by atoms with van der Waals surface area (Å²) in [6, 6.07) is 5.97. The molecule has 27 heavy (non-hydrogen) atoms. The van der Waals surface area contributed by atoms with Gasteiger partial charge in [0.05, 0.1) is 23.4 Å². The van der Waals surface area contributed by atoms with Crippen LogP contribution in [0.25, 0.3) is 11.3 Å². The van der Waals surface area contributed by atoms with Crippen molar-refractivity contribution in [2.45, 2.75) is 64.2 Å². The molecule has 1 saturated carbocycles. The van der Waals surface area contributed by atoms with E-state index in [2.05, 4.69) is 11.1 Å². The molecule has 0 spiro atoms. The van der Waals surface area contributed by atoms with Gasteiger partial charge in [0.15, 0.2) is 0 Å². The van der Waals surface area contributed by atoms with Crippen LogP contribution in [0.15, 0.2) is 42.4 Å². The van der Waals surface area contributed by atoms with Crippen molar-refractivity contribution < 1.29 is 13.7 Å². The fraction of sp³-hybridized carbons (Fsp3) is 0.500. The fourth-order valence-corrected chi connectivity index (χ4v) is 3.17. The summed E-state index contributed by atoms with van der Waals surface area (Å²) in [4.78, 5) is 4.05. The first-order valence-corrected chi connectivity index (χ1v) is 9.46. The van der Waals surface area contributed by atoms with E-state index in [-0.39, 0.29) is 0 Å². The van der Waals surface area contributed by atoms with Gasteiger partial charge in [0.25, 0.3) is 0 Å². The molecule has 2 aromatic heterocycles. The van der Waals surface area contributed by atoms with Crippen LogP contribution in [0.1, 0.15) is 52.1 Å². The van der Waals surface area contributed by atoms with E-state index in [9.17, 15) is 4.39 Å². The molecule has 0 radical (unpaired) electrons. The van der Waals surface area contributed by atoms with Crippen LogP contribution < -0.4 is 0 Å². The molecule has 0 N–H and O–H groups in total. The zero-order chi connectivity index (χ0) is 19.2. The summed E-state index contributed by atoms with van der Waals surface area (Å²) < 4.78 is 28.2. The third-order valence-electron chi connectivity index (χ3n) is 5.72. The van der Waals surface area contributed by atoms with Gasteiger partial charge in [-0.15, -0.1) is 0 Å². The van der Waals surface area contributed by atoms with Gasteiger partial charge in [0.2, 0.25) is 0 Å². The Morgan fingerprint density at radius 3 is 2.44 bits per heavy atom. The summed E-state index contributed by atoms with van der Waals surface area (Å²) >= 11 is 0. The molecule has 2 aliphatic rings. The van der Waals surface area contributed by atoms with Gasteiger partial charge in [-0.05, 0) is 64.8 Å². The first-order valence-electron chi connectivity index (χ1n) is 9.46. The zero-order valence-corrected chi connectivity index (χ0v) is 16.3. The molecule has 1 aliphatic carbocycles. The van der Waals surface area contributed by atoms with Gasteiger partial charge in [0, 0.05) is 29.6 Å². The topological polar surface area (TPSA) is 49.2 Å². The Morgan fingerprint density at radius 2 is 1.85 bits per heavy atom. The summed E-state index contributed by atoms with van der Waals surface area (Å²) in [6.07, 6.45) is 7.33. The minimum atomic E-state index is -0.963. The Morgan fingerprint density at radius 1 is 1.22 bits per heavy atom. The molecule has 4 rings (SSSR count). The maximum absolute atomic E-state index is 14.7. The number of nitrogens with zero attached hydrogens (tertiary/aromatic N) is 3. The average molecular weight is 369 g/mol. The normalized spacial score (nSPS) is 21.7. The van der Waals surface area contributed by atoms with E-state index >= 15 is 0 Å². The highest BCUT2D eigenvalue weighted by Gasteiger charge is 2.53. The van der Waals surface area contributed by atoms with Gasteiger partial charge in [-0.2, -0.15) is 5.10 Å². The van der Waals surface area contributed by atoms with E-state index in [1.54, 1.807) is 12.4 Å². The molecule has 2 fully saturated rings. The molecule has 7 heteroatoms. The minimum Gasteiger partial charge on any atom is -0.398 e. The Balaban J connectivity index is 1.54. The molecular weight excluding hydrogens is 344 g/mol. The van der Waals surface area contributed by atoms with E-state index in [0.29, 0.717) is 12.5 Å². The number of pyridine rings is 1. The zero-order valence-electron chi connectivity index (χ0n) is 16.3. The van der Waals surface area contributed by atoms with Crippen LogP contribution >= 0.6 is 0 Å². The number of hydrogen-bond acceptors (Lipinski definition) is 4. The van der Waals surface area contributed by atoms with Crippen molar-refractivity contribution in [1.29, 1.82) is 0 Å². The SMILES string of the molecule is CC1(C)OB(C(F)=CCn2nc(-c3ccncc3)cc2C2CC2)OC1(C)C. The molecule has 0 amide bonds. The van der Waals surface area contributed by atoms with Crippen molar-refractivity contribution in [3.63, 3.8) is 0 Å². The predicted octanol–water partition coefficient (Wildman–Crippen LogP) is 4.31. The largest absolute Gasteiger partial charge is 0.524 e. The van der Waals surface area contributed by atoms with Gasteiger partial charge in [-0.25, -0.2) is 4.39 Å². The minimum absolute atomic E-state index is 0.354. The summed E-state index contributed by atoms with van der Waals surface area (Å²) in [5, 5.41) is 4.69. The number of rotatable bonds is 5. The van der Waals surface area contributed by atoms with Crippen molar-refractivity contribution in [2.24, 2.45) is 0 Å². The van der Waals surface area contributed by atoms with Crippen molar-refractivity contribution in [1.82, 2.24) is 14.8 Å². The van der Waals surface area contributed by atoms with E-state index in [1.165, 1.54) is 6.08 Å². The van der Waals surface area contributed by atoms with Crippen LogP contribution in [0.2, 0.25) is 0 Å². The molecular formula is C20H25BFN3O2. The van der Waals surface area contributed by atoms with Crippen LogP contribution in [0.3, 0.4) is 0 Å². The average Bonchev–Trinajstić information content (AvgIpc) is 3.33. The van der Waals surface area contributed by atoms with Crippen molar-refractivity contribution >= 4 is 7.12 Å². The van der Waals surface area contributed by atoms with E-state index in [1.807, 2.05) is 44.5 Å². The number of allylic oxidation sites excluding steroid dienone is 1. The summed E-state index contributed by atoms with van der Waals surface area (Å²) in [5.41, 5.74) is 1.55. The van der Waals surface area contributed by atoms with Gasteiger partial charge >= 0.3 is 7.12 Å². The highest BCUT2D eigenvalue weighted by molar-refractivity contribution is 6.53. The molecule has 5 nitrogen and oxygen atoms in total. The van der Waals surface area contributed by atoms with E-state index in [0.717, 1.165) is 29.8 Å². The second-order valence-corrected chi connectivity index (χ2v) is 8.32. The first-order chi connectivity index (χ1) is 12.8. The standard InChI is InChI=1S/C20H25BFN3O2/c1-19(2)20(3,4)27-21(26-19)18(22)9-12-25-17(15-5-6-15)13-16(24-25)14-7-10-23-11-8-14/h7-11,13,15H,5-6,12H2,1-4H3. The summed E-state index contributed by atoms with van der Waals surface area (Å²) in [7, 11) is -0.963. The first kappa shape index (κ1) is 18.4. The third kappa shape index (κ3) is 3.58. The monoisotopic (exact) mass is 369 g/mol. The molecule has 1 saturated heterocycles. The number of halogens is 1. The molecule has 2 aromatic rings. The fourth-order valence-electron chi connectivity index (χ4n) is 3.17. The molecule has 0 bridgehead atoms. The Hall–Kier alpha value is -1.99. The maximum Gasteiger partial charge on any atom is 0.524 e. The molecule has 0 unspecified atom stereocenters. The lowest BCUT2D eigenvalue weighted by atomic mass is 9.88. The van der Waals surface area contributed by atoms with Gasteiger partial charge in [-0.3, -0.25) is 9.67 Å². The number of hydrogen-bond donors (Lipinski definition) is 0. The highest BCUT2D eigenvalue weighted by atomic mass is 19.1. The summed E-state index contributed by atoms with van der Waals surface area (Å²) in [6.45, 7) is 8.02. The highest BCUT2D eigenvalue weighted by Crippen LogP contribution is 2.42. The maximum atomic E-state index is 14.7. The lowest BCUT2D eigenvalue weighted by molar-refractivity contribution is 0.00578. The van der Waals surface area contributed by atoms with E-state index in [4.69, 9.17) is 14.4 Å². The molecule has 1 aliphatic heterocycles. The Labute approximate surface area is 159 Å². The van der Waals surface area contributed by atoms with E-state index < -0.39 is 24.0 Å². The van der Waals surface area contributed by atoms with Gasteiger partial charge < -0.3 is 9.31 Å². The Bertz CT molecular complexity index is 843. The van der Waals surface area contributed by atoms with Crippen molar-refractivity contribution in [2.75, 3.05) is 0 Å². The second kappa shape index (κ2) is 6.57. The van der Waals surface area contributed by atoms with Crippen LogP contribution in [-0.4, -0.2) is 33.1 Å². The van der Waals surface area contributed by atoms with Crippen LogP contribution in [0.5, 0.6) is 0 Å². The van der Waals surface area contributed by atoms with Crippen LogP contribution in [0.4, 0.5) is 4.39 Å². The quantitative estimate of drug-likeness (QED) is 0.737. The molecule has 0 atom stereocenters. The van der Waals surface area contributed by atoms with Gasteiger partial charge in [0.1, 0.15) is 5.73 Å². The molecule has 3 heterocycles. The third-order valence-corrected chi connectivity index (χ3v) is 5.72. The molecule has 0 aromatic carbocycles.